The van der Waals surface area contributed by atoms with E-state index in [0.29, 0.717) is 29.3 Å². The third kappa shape index (κ3) is 4.49. The molecule has 34 heavy (non-hydrogen) atoms. The number of nitrogens with zero attached hydrogens (tertiary/aromatic N) is 2. The Morgan fingerprint density at radius 1 is 0.971 bits per heavy atom. The monoisotopic (exact) mass is 500 g/mol. The van der Waals surface area contributed by atoms with Crippen molar-refractivity contribution in [1.82, 2.24) is 10.0 Å². The largest absolute Gasteiger partial charge is 0.292 e. The molecule has 1 aliphatic heterocycles. The zero-order valence-electron chi connectivity index (χ0n) is 19.3. The number of hydrogen-bond donors (Lipinski definition) is 0. The minimum Gasteiger partial charge on any atom is -0.292 e. The number of Topliss-reactive ketones (excluding diaryl/α,β-unsaturated/α-hetero) is 1. The number of carbonyl (C=O) groups excluding carboxylic acids is 4. The van der Waals surface area contributed by atoms with E-state index >= 15 is 0 Å². The van der Waals surface area contributed by atoms with Crippen molar-refractivity contribution >= 4 is 46.7 Å². The highest BCUT2D eigenvalue weighted by Gasteiger charge is 2.53. The summed E-state index contributed by atoms with van der Waals surface area (Å²) in [6, 6.07) is 9.59. The van der Waals surface area contributed by atoms with Gasteiger partial charge < -0.3 is 0 Å². The molecule has 0 spiro atoms. The maximum atomic E-state index is 13.6. The van der Waals surface area contributed by atoms with Gasteiger partial charge in [0.25, 0.3) is 17.7 Å². The number of hydrazine groups is 1. The Morgan fingerprint density at radius 3 is 2.35 bits per heavy atom. The van der Waals surface area contributed by atoms with Crippen LogP contribution in [-0.2, 0) is 9.59 Å². The van der Waals surface area contributed by atoms with E-state index in [4.69, 9.17) is 23.2 Å². The Kier molecular flexibility index (Phi) is 6.83. The second-order valence-corrected chi connectivity index (χ2v) is 10.2. The quantitative estimate of drug-likeness (QED) is 0.413. The zero-order valence-corrected chi connectivity index (χ0v) is 20.8. The number of rotatable bonds is 5. The summed E-state index contributed by atoms with van der Waals surface area (Å²) in [5.41, 5.74) is 2.41. The van der Waals surface area contributed by atoms with Gasteiger partial charge in [-0.3, -0.25) is 19.2 Å². The molecule has 1 saturated heterocycles. The van der Waals surface area contributed by atoms with Crippen LogP contribution in [0.1, 0.15) is 58.0 Å². The first-order valence-electron chi connectivity index (χ1n) is 11.3. The molecule has 2 aromatic carbocycles. The molecule has 1 saturated carbocycles. The minimum atomic E-state index is -0.702. The fourth-order valence-electron chi connectivity index (χ4n) is 4.79. The molecule has 0 N–H and O–H groups in total. The molecule has 178 valence electrons. The van der Waals surface area contributed by atoms with E-state index < -0.39 is 36.1 Å². The maximum absolute atomic E-state index is 13.6. The van der Waals surface area contributed by atoms with Gasteiger partial charge in [0.2, 0.25) is 0 Å². The lowest BCUT2D eigenvalue weighted by Crippen LogP contribution is -2.52. The second kappa shape index (κ2) is 9.51. The summed E-state index contributed by atoms with van der Waals surface area (Å²) in [4.78, 5) is 53.6. The summed E-state index contributed by atoms with van der Waals surface area (Å²) in [6.45, 7) is 5.41. The van der Waals surface area contributed by atoms with Gasteiger partial charge >= 0.3 is 0 Å². The van der Waals surface area contributed by atoms with Crippen LogP contribution in [0.5, 0.6) is 0 Å². The average Bonchev–Trinajstić information content (AvgIpc) is 3.02. The molecule has 3 atom stereocenters. The van der Waals surface area contributed by atoms with Crippen molar-refractivity contribution in [3.63, 3.8) is 0 Å². The Labute approximate surface area is 208 Å². The second-order valence-electron chi connectivity index (χ2n) is 9.33. The Bertz CT molecular complexity index is 1200. The first kappa shape index (κ1) is 24.4. The van der Waals surface area contributed by atoms with E-state index in [9.17, 15) is 19.2 Å². The van der Waals surface area contributed by atoms with E-state index in [1.165, 1.54) is 18.2 Å². The number of halogens is 2. The predicted molar refractivity (Wildman–Crippen MR) is 130 cm³/mol. The standard InChI is InChI=1S/C26H26Cl2N2O4/c1-14-4-8-19-21(10-14)26(34)30(25(19)33)29(24(32)20-9-7-18(27)12-22(20)28)13-23(31)17-6-5-15(2)16(3)11-17/h5-7,9,11-12,14,19,21H,4,8,10,13H2,1-3H3/t14-,19-,21+/m1/s1. The Hall–Kier alpha value is -2.70. The van der Waals surface area contributed by atoms with Gasteiger partial charge in [-0.2, -0.15) is 5.01 Å². The zero-order chi connectivity index (χ0) is 24.7. The van der Waals surface area contributed by atoms with Gasteiger partial charge in [0, 0.05) is 10.6 Å². The van der Waals surface area contributed by atoms with E-state index in [0.717, 1.165) is 27.6 Å². The number of benzene rings is 2. The molecule has 0 unspecified atom stereocenters. The van der Waals surface area contributed by atoms with Crippen LogP contribution in [0.4, 0.5) is 0 Å². The number of ketones is 1. The van der Waals surface area contributed by atoms with Crippen LogP contribution in [0.25, 0.3) is 0 Å². The number of fused-ring (bicyclic) bond motifs is 1. The van der Waals surface area contributed by atoms with Crippen LogP contribution in [0.3, 0.4) is 0 Å². The third-order valence-electron chi connectivity index (χ3n) is 6.92. The minimum absolute atomic E-state index is 0.0581. The van der Waals surface area contributed by atoms with Gasteiger partial charge in [-0.05, 0) is 74.4 Å². The van der Waals surface area contributed by atoms with Crippen LogP contribution < -0.4 is 0 Å². The van der Waals surface area contributed by atoms with E-state index in [-0.39, 0.29) is 16.4 Å². The van der Waals surface area contributed by atoms with Gasteiger partial charge in [-0.1, -0.05) is 42.3 Å². The summed E-state index contributed by atoms with van der Waals surface area (Å²) < 4.78 is 0. The lowest BCUT2D eigenvalue weighted by molar-refractivity contribution is -0.154. The number of carbonyl (C=O) groups is 4. The lowest BCUT2D eigenvalue weighted by Gasteiger charge is -2.30. The predicted octanol–water partition coefficient (Wildman–Crippen LogP) is 5.27. The topological polar surface area (TPSA) is 74.8 Å². The highest BCUT2D eigenvalue weighted by molar-refractivity contribution is 6.36. The van der Waals surface area contributed by atoms with Crippen LogP contribution in [0, 0.1) is 31.6 Å². The van der Waals surface area contributed by atoms with Crippen molar-refractivity contribution in [2.24, 2.45) is 17.8 Å². The summed E-state index contributed by atoms with van der Waals surface area (Å²) in [5, 5.41) is 2.26. The first-order valence-corrected chi connectivity index (χ1v) is 12.1. The van der Waals surface area contributed by atoms with Gasteiger partial charge in [-0.25, -0.2) is 5.01 Å². The van der Waals surface area contributed by atoms with Crippen molar-refractivity contribution in [3.05, 3.63) is 68.7 Å². The van der Waals surface area contributed by atoms with Crippen LogP contribution >= 0.6 is 23.2 Å². The van der Waals surface area contributed by atoms with Crippen molar-refractivity contribution < 1.29 is 19.2 Å². The first-order chi connectivity index (χ1) is 16.1. The molecule has 3 amide bonds. The fraction of sp³-hybridized carbons (Fsp3) is 0.385. The average molecular weight is 501 g/mol. The molecule has 0 bridgehead atoms. The van der Waals surface area contributed by atoms with E-state index in [2.05, 4.69) is 6.92 Å². The van der Waals surface area contributed by atoms with Gasteiger partial charge in [0.05, 0.1) is 22.4 Å². The van der Waals surface area contributed by atoms with Gasteiger partial charge in [-0.15, -0.1) is 0 Å². The van der Waals surface area contributed by atoms with E-state index in [1.54, 1.807) is 12.1 Å². The Balaban J connectivity index is 1.72. The van der Waals surface area contributed by atoms with Crippen molar-refractivity contribution in [3.8, 4) is 0 Å². The normalized spacial score (nSPS) is 22.0. The van der Waals surface area contributed by atoms with Gasteiger partial charge in [0.15, 0.2) is 5.78 Å². The molecule has 2 fully saturated rings. The van der Waals surface area contributed by atoms with Crippen molar-refractivity contribution in [2.45, 2.75) is 40.0 Å². The molecule has 4 rings (SSSR count). The third-order valence-corrected chi connectivity index (χ3v) is 7.47. The highest BCUT2D eigenvalue weighted by Crippen LogP contribution is 2.41. The molecule has 2 aliphatic rings. The molecular weight excluding hydrogens is 475 g/mol. The van der Waals surface area contributed by atoms with Crippen LogP contribution in [0.15, 0.2) is 36.4 Å². The molecule has 6 nitrogen and oxygen atoms in total. The van der Waals surface area contributed by atoms with Crippen molar-refractivity contribution in [1.29, 1.82) is 0 Å². The maximum Gasteiger partial charge on any atom is 0.274 e. The number of imide groups is 1. The molecule has 0 aromatic heterocycles. The number of amides is 3. The number of hydrogen-bond acceptors (Lipinski definition) is 4. The SMILES string of the molecule is Cc1ccc(C(=O)CN(C(=O)c2ccc(Cl)cc2Cl)N2C(=O)[C@H]3C[C@H](C)CC[C@H]3C2=O)cc1C. The van der Waals surface area contributed by atoms with E-state index in [1.807, 2.05) is 19.9 Å². The van der Waals surface area contributed by atoms with Crippen LogP contribution in [-0.4, -0.2) is 40.1 Å². The molecule has 8 heteroatoms. The lowest BCUT2D eigenvalue weighted by atomic mass is 9.76. The molecule has 0 radical (unpaired) electrons. The number of aryl methyl sites for hydroxylation is 2. The fourth-order valence-corrected chi connectivity index (χ4v) is 5.28. The Morgan fingerprint density at radius 2 is 1.68 bits per heavy atom. The summed E-state index contributed by atoms with van der Waals surface area (Å²) in [7, 11) is 0. The van der Waals surface area contributed by atoms with Crippen LogP contribution in [0.2, 0.25) is 10.0 Å². The smallest absolute Gasteiger partial charge is 0.274 e. The molecule has 1 aliphatic carbocycles. The summed E-state index contributed by atoms with van der Waals surface area (Å²) in [6.07, 6.45) is 2.01. The molecule has 1 heterocycles. The summed E-state index contributed by atoms with van der Waals surface area (Å²) >= 11 is 12.3. The molecular formula is C26H26Cl2N2O4. The summed E-state index contributed by atoms with van der Waals surface area (Å²) in [5.74, 6) is -2.61. The van der Waals surface area contributed by atoms with Gasteiger partial charge in [0.1, 0.15) is 6.54 Å². The van der Waals surface area contributed by atoms with Crippen molar-refractivity contribution in [2.75, 3.05) is 6.54 Å². The molecule has 2 aromatic rings. The highest BCUT2D eigenvalue weighted by atomic mass is 35.5.